The van der Waals surface area contributed by atoms with Crippen molar-refractivity contribution in [3.05, 3.63) is 49.9 Å². The first-order valence-electron chi connectivity index (χ1n) is 6.21. The predicted octanol–water partition coefficient (Wildman–Crippen LogP) is 3.83. The second-order valence-electron chi connectivity index (χ2n) is 4.72. The van der Waals surface area contributed by atoms with Crippen LogP contribution in [0.3, 0.4) is 0 Å². The van der Waals surface area contributed by atoms with E-state index in [1.54, 1.807) is 0 Å². The summed E-state index contributed by atoms with van der Waals surface area (Å²) < 4.78 is 1.12. The van der Waals surface area contributed by atoms with Crippen molar-refractivity contribution in [1.29, 1.82) is 0 Å². The molecule has 1 heterocycles. The lowest BCUT2D eigenvalue weighted by molar-refractivity contribution is 0.562. The number of benzene rings is 1. The number of fused-ring (bicyclic) bond motifs is 1. The van der Waals surface area contributed by atoms with Crippen LogP contribution in [0, 0.1) is 0 Å². The molecule has 0 amide bonds. The van der Waals surface area contributed by atoms with Gasteiger partial charge in [-0.25, -0.2) is 4.98 Å². The first kappa shape index (κ1) is 12.3. The van der Waals surface area contributed by atoms with Gasteiger partial charge in [-0.3, -0.25) is 0 Å². The van der Waals surface area contributed by atoms with Crippen LogP contribution in [0.25, 0.3) is 0 Å². The van der Waals surface area contributed by atoms with Crippen LogP contribution < -0.4 is 5.73 Å². The maximum Gasteiger partial charge on any atom is 0.0975 e. The Morgan fingerprint density at radius 2 is 2.11 bits per heavy atom. The molecule has 1 atom stereocenters. The van der Waals surface area contributed by atoms with E-state index in [1.807, 2.05) is 11.3 Å². The molecule has 1 unspecified atom stereocenters. The molecule has 0 spiro atoms. The van der Waals surface area contributed by atoms with Crippen LogP contribution in [0.15, 0.2) is 28.7 Å². The number of rotatable bonds is 2. The van der Waals surface area contributed by atoms with Gasteiger partial charge in [-0.1, -0.05) is 28.1 Å². The Balaban J connectivity index is 1.83. The monoisotopic (exact) mass is 322 g/mol. The summed E-state index contributed by atoms with van der Waals surface area (Å²) in [4.78, 5) is 6.13. The molecule has 4 heteroatoms. The maximum atomic E-state index is 6.11. The number of nitrogens with two attached hydrogens (primary N) is 1. The Labute approximate surface area is 119 Å². The summed E-state index contributed by atoms with van der Waals surface area (Å²) in [6, 6.07) is 8.60. The van der Waals surface area contributed by atoms with Crippen LogP contribution in [0.4, 0.5) is 0 Å². The van der Waals surface area contributed by atoms with Crippen molar-refractivity contribution < 1.29 is 0 Å². The number of hydrogen-bond donors (Lipinski definition) is 1. The zero-order valence-electron chi connectivity index (χ0n) is 10.0. The van der Waals surface area contributed by atoms with Gasteiger partial charge in [0.1, 0.15) is 0 Å². The van der Waals surface area contributed by atoms with Crippen molar-refractivity contribution >= 4 is 27.3 Å². The fourth-order valence-corrected chi connectivity index (χ4v) is 3.83. The molecule has 2 aromatic rings. The van der Waals surface area contributed by atoms with E-state index in [1.165, 1.54) is 21.9 Å². The number of thiazole rings is 1. The minimum Gasteiger partial charge on any atom is -0.323 e. The van der Waals surface area contributed by atoms with Crippen LogP contribution in [-0.2, 0) is 12.8 Å². The average molecular weight is 323 g/mol. The average Bonchev–Trinajstić information content (AvgIpc) is 2.76. The smallest absolute Gasteiger partial charge is 0.0975 e. The van der Waals surface area contributed by atoms with Gasteiger partial charge in [-0.15, -0.1) is 11.3 Å². The van der Waals surface area contributed by atoms with Crippen molar-refractivity contribution in [3.63, 3.8) is 0 Å². The molecule has 0 saturated carbocycles. The molecule has 1 aliphatic rings. The van der Waals surface area contributed by atoms with Crippen LogP contribution in [0.2, 0.25) is 0 Å². The lowest BCUT2D eigenvalue weighted by atomic mass is 9.99. The molecule has 0 saturated heterocycles. The van der Waals surface area contributed by atoms with Crippen molar-refractivity contribution in [2.45, 2.75) is 31.7 Å². The third-order valence-electron chi connectivity index (χ3n) is 3.31. The van der Waals surface area contributed by atoms with E-state index in [0.29, 0.717) is 0 Å². The number of nitrogens with zero attached hydrogens (tertiary/aromatic N) is 1. The minimum atomic E-state index is 0.156. The molecule has 2 N–H and O–H groups in total. The Morgan fingerprint density at radius 1 is 1.33 bits per heavy atom. The van der Waals surface area contributed by atoms with Crippen LogP contribution in [0.5, 0.6) is 0 Å². The number of aryl methyl sites for hydroxylation is 1. The lowest BCUT2D eigenvalue weighted by Crippen LogP contribution is -2.16. The number of halogens is 1. The van der Waals surface area contributed by atoms with Crippen molar-refractivity contribution in [1.82, 2.24) is 4.98 Å². The molecule has 2 nitrogen and oxygen atoms in total. The third kappa shape index (κ3) is 2.51. The van der Waals surface area contributed by atoms with Gasteiger partial charge in [-0.05, 0) is 37.0 Å². The van der Waals surface area contributed by atoms with E-state index in [-0.39, 0.29) is 6.04 Å². The molecular formula is C14H15BrN2S. The molecule has 0 fully saturated rings. The quantitative estimate of drug-likeness (QED) is 0.912. The van der Waals surface area contributed by atoms with Crippen LogP contribution >= 0.6 is 27.3 Å². The summed E-state index contributed by atoms with van der Waals surface area (Å²) in [7, 11) is 0. The van der Waals surface area contributed by atoms with Crippen molar-refractivity contribution in [2.75, 3.05) is 0 Å². The Morgan fingerprint density at radius 3 is 2.83 bits per heavy atom. The fraction of sp³-hybridized carbons (Fsp3) is 0.357. The van der Waals surface area contributed by atoms with E-state index >= 15 is 0 Å². The Kier molecular flexibility index (Phi) is 3.50. The molecule has 0 bridgehead atoms. The first-order chi connectivity index (χ1) is 8.72. The second-order valence-corrected chi connectivity index (χ2v) is 6.80. The summed E-state index contributed by atoms with van der Waals surface area (Å²) in [5.74, 6) is 0. The summed E-state index contributed by atoms with van der Waals surface area (Å²) in [5, 5.41) is 1.19. The van der Waals surface area contributed by atoms with Crippen molar-refractivity contribution in [2.24, 2.45) is 5.73 Å². The Bertz CT molecular complexity index is 547. The summed E-state index contributed by atoms with van der Waals surface area (Å²) in [6.45, 7) is 0. The van der Waals surface area contributed by atoms with Gasteiger partial charge in [0.25, 0.3) is 0 Å². The number of hydrogen-bond acceptors (Lipinski definition) is 3. The normalized spacial score (nSPS) is 18.7. The fourth-order valence-electron chi connectivity index (χ4n) is 2.35. The standard InChI is InChI=1S/C14H15BrN2S/c15-10-6-4-9(5-7-10)8-13-17-14-11(16)2-1-3-12(14)18-13/h4-7,11H,1-3,8,16H2. The van der Waals surface area contributed by atoms with E-state index < -0.39 is 0 Å². The predicted molar refractivity (Wildman–Crippen MR) is 78.9 cm³/mol. The molecule has 0 radical (unpaired) electrons. The van der Waals surface area contributed by atoms with Gasteiger partial charge in [0, 0.05) is 21.8 Å². The van der Waals surface area contributed by atoms with Gasteiger partial charge in [0.15, 0.2) is 0 Å². The lowest BCUT2D eigenvalue weighted by Gasteiger charge is -2.15. The highest BCUT2D eigenvalue weighted by Crippen LogP contribution is 2.32. The summed E-state index contributed by atoms with van der Waals surface area (Å²) in [6.07, 6.45) is 4.35. The highest BCUT2D eigenvalue weighted by Gasteiger charge is 2.21. The van der Waals surface area contributed by atoms with E-state index in [4.69, 9.17) is 10.7 Å². The molecule has 1 aromatic heterocycles. The molecule has 1 aliphatic carbocycles. The maximum absolute atomic E-state index is 6.11. The molecule has 1 aromatic carbocycles. The topological polar surface area (TPSA) is 38.9 Å². The highest BCUT2D eigenvalue weighted by molar-refractivity contribution is 9.10. The van der Waals surface area contributed by atoms with E-state index in [9.17, 15) is 0 Å². The largest absolute Gasteiger partial charge is 0.323 e. The third-order valence-corrected chi connectivity index (χ3v) is 4.97. The van der Waals surface area contributed by atoms with Gasteiger partial charge < -0.3 is 5.73 Å². The van der Waals surface area contributed by atoms with Gasteiger partial charge in [0.2, 0.25) is 0 Å². The van der Waals surface area contributed by atoms with Gasteiger partial charge in [0.05, 0.1) is 10.7 Å². The molecule has 3 rings (SSSR count). The first-order valence-corrected chi connectivity index (χ1v) is 7.82. The highest BCUT2D eigenvalue weighted by atomic mass is 79.9. The van der Waals surface area contributed by atoms with Crippen molar-refractivity contribution in [3.8, 4) is 0 Å². The molecule has 94 valence electrons. The zero-order valence-corrected chi connectivity index (χ0v) is 12.4. The van der Waals surface area contributed by atoms with E-state index in [2.05, 4.69) is 40.2 Å². The number of aromatic nitrogens is 1. The second kappa shape index (κ2) is 5.11. The molecule has 0 aliphatic heterocycles. The zero-order chi connectivity index (χ0) is 12.5. The Hall–Kier alpha value is -0.710. The van der Waals surface area contributed by atoms with Crippen LogP contribution in [-0.4, -0.2) is 4.98 Å². The van der Waals surface area contributed by atoms with E-state index in [0.717, 1.165) is 29.4 Å². The van der Waals surface area contributed by atoms with Gasteiger partial charge >= 0.3 is 0 Å². The van der Waals surface area contributed by atoms with Crippen LogP contribution in [0.1, 0.15) is 40.0 Å². The molecule has 18 heavy (non-hydrogen) atoms. The summed E-state index contributed by atoms with van der Waals surface area (Å²) >= 11 is 5.29. The van der Waals surface area contributed by atoms with Gasteiger partial charge in [-0.2, -0.15) is 0 Å². The SMILES string of the molecule is NC1CCCc2sc(Cc3ccc(Br)cc3)nc21. The minimum absolute atomic E-state index is 0.156. The molecular weight excluding hydrogens is 308 g/mol. The summed E-state index contributed by atoms with van der Waals surface area (Å²) in [5.41, 5.74) is 8.57.